The van der Waals surface area contributed by atoms with E-state index in [4.69, 9.17) is 4.74 Å². The third-order valence-electron chi connectivity index (χ3n) is 4.17. The first-order chi connectivity index (χ1) is 13.2. The highest BCUT2D eigenvalue weighted by atomic mass is 19.1. The number of hydrogen-bond acceptors (Lipinski definition) is 4. The lowest BCUT2D eigenvalue weighted by Gasteiger charge is -2.16. The van der Waals surface area contributed by atoms with Gasteiger partial charge in [0.2, 0.25) is 0 Å². The topological polar surface area (TPSA) is 104 Å². The van der Waals surface area contributed by atoms with Gasteiger partial charge in [-0.05, 0) is 29.8 Å². The number of benzene rings is 1. The maximum atomic E-state index is 13.5. The molecule has 0 unspecified atom stereocenters. The predicted molar refractivity (Wildman–Crippen MR) is 104 cm³/mol. The van der Waals surface area contributed by atoms with Crippen molar-refractivity contribution in [2.75, 3.05) is 7.11 Å². The zero-order valence-corrected chi connectivity index (χ0v) is 16.0. The lowest BCUT2D eigenvalue weighted by atomic mass is 9.90. The van der Waals surface area contributed by atoms with Gasteiger partial charge >= 0.3 is 0 Å². The Hall–Kier alpha value is -3.42. The minimum absolute atomic E-state index is 0.0470. The van der Waals surface area contributed by atoms with Crippen LogP contribution in [0.2, 0.25) is 0 Å². The monoisotopic (exact) mass is 384 g/mol. The SMILES string of the molecule is COc1cc(/C=c2\[nH]c(=O)/c(=C/c3nc[nH]c3C(C)(C)C)[nH]c2=O)ccc1F. The highest BCUT2D eigenvalue weighted by molar-refractivity contribution is 5.51. The Kier molecular flexibility index (Phi) is 5.04. The molecule has 3 N–H and O–H groups in total. The first-order valence-corrected chi connectivity index (χ1v) is 8.62. The summed E-state index contributed by atoms with van der Waals surface area (Å²) in [5.74, 6) is -0.466. The number of nitrogens with zero attached hydrogens (tertiary/aromatic N) is 1. The summed E-state index contributed by atoms with van der Waals surface area (Å²) in [4.78, 5) is 37.3. The summed E-state index contributed by atoms with van der Waals surface area (Å²) in [6.07, 6.45) is 4.52. The van der Waals surface area contributed by atoms with E-state index in [1.807, 2.05) is 20.8 Å². The van der Waals surface area contributed by atoms with Gasteiger partial charge in [-0.3, -0.25) is 9.59 Å². The van der Waals surface area contributed by atoms with Crippen LogP contribution in [-0.2, 0) is 5.41 Å². The standard InChI is InChI=1S/C20H21FN4O3/c1-20(2,3)17-13(22-10-23-17)9-15-19(27)24-14(18(26)25-15)7-11-5-6-12(21)16(8-11)28-4/h5-10H,1-4H3,(H,22,23)(H,24,27)(H,25,26)/b14-7-,15-9-. The Bertz CT molecular complexity index is 1250. The lowest BCUT2D eigenvalue weighted by Crippen LogP contribution is -2.46. The van der Waals surface area contributed by atoms with Crippen LogP contribution in [0, 0.1) is 5.82 Å². The highest BCUT2D eigenvalue weighted by Crippen LogP contribution is 2.22. The molecule has 0 bridgehead atoms. The van der Waals surface area contributed by atoms with Gasteiger partial charge in [0.15, 0.2) is 11.6 Å². The molecule has 0 atom stereocenters. The zero-order chi connectivity index (χ0) is 20.5. The van der Waals surface area contributed by atoms with Gasteiger partial charge in [-0.25, -0.2) is 9.37 Å². The summed E-state index contributed by atoms with van der Waals surface area (Å²) in [6.45, 7) is 6.04. The molecule has 28 heavy (non-hydrogen) atoms. The van der Waals surface area contributed by atoms with Crippen molar-refractivity contribution in [2.24, 2.45) is 0 Å². The summed E-state index contributed by atoms with van der Waals surface area (Å²) in [6, 6.07) is 4.14. The van der Waals surface area contributed by atoms with Crippen molar-refractivity contribution in [3.8, 4) is 5.75 Å². The van der Waals surface area contributed by atoms with E-state index in [-0.39, 0.29) is 21.9 Å². The smallest absolute Gasteiger partial charge is 0.272 e. The molecule has 0 fully saturated rings. The number of imidazole rings is 1. The number of aromatic nitrogens is 4. The van der Waals surface area contributed by atoms with Crippen molar-refractivity contribution in [3.63, 3.8) is 0 Å². The number of methoxy groups -OCH3 is 1. The third-order valence-corrected chi connectivity index (χ3v) is 4.17. The maximum absolute atomic E-state index is 13.5. The van der Waals surface area contributed by atoms with Crippen LogP contribution in [0.3, 0.4) is 0 Å². The van der Waals surface area contributed by atoms with Crippen LogP contribution in [-0.4, -0.2) is 27.0 Å². The number of halogens is 1. The fourth-order valence-electron chi connectivity index (χ4n) is 2.78. The van der Waals surface area contributed by atoms with Gasteiger partial charge in [-0.15, -0.1) is 0 Å². The van der Waals surface area contributed by atoms with Crippen molar-refractivity contribution in [3.05, 3.63) is 78.7 Å². The molecule has 1 aromatic carbocycles. The minimum Gasteiger partial charge on any atom is -0.494 e. The Labute approximate surface area is 159 Å². The summed E-state index contributed by atoms with van der Waals surface area (Å²) >= 11 is 0. The minimum atomic E-state index is -0.513. The van der Waals surface area contributed by atoms with Gasteiger partial charge in [0.25, 0.3) is 11.1 Å². The molecule has 2 aromatic heterocycles. The third kappa shape index (κ3) is 3.95. The second kappa shape index (κ2) is 7.30. The number of nitrogens with one attached hydrogen (secondary N) is 3. The summed E-state index contributed by atoms with van der Waals surface area (Å²) < 4.78 is 18.5. The largest absolute Gasteiger partial charge is 0.494 e. The van der Waals surface area contributed by atoms with E-state index in [9.17, 15) is 14.0 Å². The first-order valence-electron chi connectivity index (χ1n) is 8.62. The molecule has 0 spiro atoms. The maximum Gasteiger partial charge on any atom is 0.272 e. The zero-order valence-electron chi connectivity index (χ0n) is 16.0. The van der Waals surface area contributed by atoms with Crippen LogP contribution < -0.4 is 26.6 Å². The predicted octanol–water partition coefficient (Wildman–Crippen LogP) is 0.889. The second-order valence-electron chi connectivity index (χ2n) is 7.33. The second-order valence-corrected chi connectivity index (χ2v) is 7.33. The van der Waals surface area contributed by atoms with E-state index in [1.54, 1.807) is 6.33 Å². The Balaban J connectivity index is 2.12. The highest BCUT2D eigenvalue weighted by Gasteiger charge is 2.19. The molecule has 0 saturated carbocycles. The van der Waals surface area contributed by atoms with Gasteiger partial charge in [-0.2, -0.15) is 0 Å². The number of H-pyrrole nitrogens is 3. The molecular weight excluding hydrogens is 363 g/mol. The molecule has 146 valence electrons. The van der Waals surface area contributed by atoms with Crippen LogP contribution >= 0.6 is 0 Å². The number of aromatic amines is 3. The van der Waals surface area contributed by atoms with Crippen LogP contribution in [0.25, 0.3) is 12.2 Å². The summed E-state index contributed by atoms with van der Waals surface area (Å²) in [7, 11) is 1.35. The number of rotatable bonds is 3. The van der Waals surface area contributed by atoms with Crippen molar-refractivity contribution in [2.45, 2.75) is 26.2 Å². The fourth-order valence-corrected chi connectivity index (χ4v) is 2.78. The van der Waals surface area contributed by atoms with Crippen molar-refractivity contribution in [1.29, 1.82) is 0 Å². The van der Waals surface area contributed by atoms with E-state index in [0.29, 0.717) is 11.3 Å². The summed E-state index contributed by atoms with van der Waals surface area (Å²) in [5.41, 5.74) is 0.781. The Morgan fingerprint density at radius 2 is 1.71 bits per heavy atom. The lowest BCUT2D eigenvalue weighted by molar-refractivity contribution is 0.386. The first kappa shape index (κ1) is 19.3. The molecule has 8 heteroatoms. The average molecular weight is 384 g/mol. The van der Waals surface area contributed by atoms with Gasteiger partial charge in [0.1, 0.15) is 10.7 Å². The molecular formula is C20H21FN4O3. The molecule has 0 radical (unpaired) electrons. The van der Waals surface area contributed by atoms with Gasteiger partial charge in [0, 0.05) is 11.1 Å². The number of ether oxygens (including phenoxy) is 1. The van der Waals surface area contributed by atoms with E-state index in [2.05, 4.69) is 19.9 Å². The van der Waals surface area contributed by atoms with E-state index in [1.165, 1.54) is 37.5 Å². The molecule has 0 aliphatic rings. The molecule has 2 heterocycles. The van der Waals surface area contributed by atoms with Gasteiger partial charge in [-0.1, -0.05) is 26.8 Å². The van der Waals surface area contributed by atoms with Crippen molar-refractivity contribution < 1.29 is 9.13 Å². The fraction of sp³-hybridized carbons (Fsp3) is 0.250. The van der Waals surface area contributed by atoms with Crippen LogP contribution in [0.1, 0.15) is 37.7 Å². The molecule has 3 rings (SSSR count). The van der Waals surface area contributed by atoms with Crippen LogP contribution in [0.4, 0.5) is 4.39 Å². The molecule has 0 aliphatic heterocycles. The molecule has 0 amide bonds. The Morgan fingerprint density at radius 3 is 2.32 bits per heavy atom. The van der Waals surface area contributed by atoms with Crippen molar-refractivity contribution in [1.82, 2.24) is 19.9 Å². The molecule has 3 aromatic rings. The van der Waals surface area contributed by atoms with E-state index < -0.39 is 16.9 Å². The van der Waals surface area contributed by atoms with E-state index >= 15 is 0 Å². The van der Waals surface area contributed by atoms with Gasteiger partial charge in [0.05, 0.1) is 19.1 Å². The molecule has 0 aliphatic carbocycles. The Morgan fingerprint density at radius 1 is 1.07 bits per heavy atom. The van der Waals surface area contributed by atoms with Crippen LogP contribution in [0.5, 0.6) is 5.75 Å². The molecule has 0 saturated heterocycles. The normalized spacial score (nSPS) is 13.2. The van der Waals surface area contributed by atoms with E-state index in [0.717, 1.165) is 5.69 Å². The van der Waals surface area contributed by atoms with Gasteiger partial charge < -0.3 is 19.7 Å². The average Bonchev–Trinajstić information content (AvgIpc) is 3.09. The number of hydrogen-bond donors (Lipinski definition) is 3. The van der Waals surface area contributed by atoms with Crippen molar-refractivity contribution >= 4 is 12.2 Å². The summed E-state index contributed by atoms with van der Waals surface area (Å²) in [5, 5.41) is 0.144. The van der Waals surface area contributed by atoms with Crippen LogP contribution in [0.15, 0.2) is 34.1 Å². The molecule has 7 nitrogen and oxygen atoms in total. The quantitative estimate of drug-likeness (QED) is 0.624.